The highest BCUT2D eigenvalue weighted by Crippen LogP contribution is 2.27. The van der Waals surface area contributed by atoms with Crippen LogP contribution in [0.1, 0.15) is 34.8 Å². The molecule has 0 unspecified atom stereocenters. The monoisotopic (exact) mass is 319 g/mol. The summed E-state index contributed by atoms with van der Waals surface area (Å²) in [7, 11) is 0. The number of aromatic nitrogens is 3. The first-order chi connectivity index (χ1) is 10.4. The molecule has 0 spiro atoms. The van der Waals surface area contributed by atoms with E-state index in [4.69, 9.17) is 5.11 Å². The summed E-state index contributed by atoms with van der Waals surface area (Å²) in [5, 5.41) is 18.4. The van der Waals surface area contributed by atoms with Gasteiger partial charge >= 0.3 is 0 Å². The summed E-state index contributed by atoms with van der Waals surface area (Å²) < 4.78 is 2.28. The van der Waals surface area contributed by atoms with Gasteiger partial charge in [-0.1, -0.05) is 30.0 Å². The predicted molar refractivity (Wildman–Crippen MR) is 85.4 cm³/mol. The molecule has 0 fully saturated rings. The van der Waals surface area contributed by atoms with Gasteiger partial charge in [0.2, 0.25) is 0 Å². The van der Waals surface area contributed by atoms with E-state index in [2.05, 4.69) is 32.7 Å². The number of rotatable bonds is 3. The van der Waals surface area contributed by atoms with Crippen LogP contribution in [0.5, 0.6) is 0 Å². The number of aryl methyl sites for hydroxylation is 1. The number of thiophene rings is 1. The van der Waals surface area contributed by atoms with Gasteiger partial charge in [-0.25, -0.2) is 0 Å². The van der Waals surface area contributed by atoms with E-state index in [0.717, 1.165) is 34.6 Å². The molecule has 1 N–H and O–H groups in total. The highest BCUT2D eigenvalue weighted by atomic mass is 32.2. The lowest BCUT2D eigenvalue weighted by molar-refractivity contribution is 0.350. The van der Waals surface area contributed by atoms with Crippen LogP contribution in [0.3, 0.4) is 0 Å². The second kappa shape index (κ2) is 7.12. The molecule has 3 rings (SSSR count). The predicted octanol–water partition coefficient (Wildman–Crippen LogP) is 2.70. The smallest absolute Gasteiger partial charge is 0.191 e. The second-order valence-electron chi connectivity index (χ2n) is 4.88. The summed E-state index contributed by atoms with van der Waals surface area (Å²) in [5.74, 6) is 7.65. The van der Waals surface area contributed by atoms with E-state index in [1.807, 2.05) is 6.07 Å². The van der Waals surface area contributed by atoms with Gasteiger partial charge in [-0.2, -0.15) is 0 Å². The van der Waals surface area contributed by atoms with Crippen molar-refractivity contribution in [1.82, 2.24) is 14.8 Å². The molecule has 4 nitrogen and oxygen atoms in total. The number of hydrogen-bond donors (Lipinski definition) is 1. The van der Waals surface area contributed by atoms with E-state index in [-0.39, 0.29) is 6.61 Å². The number of nitrogens with zero attached hydrogens (tertiary/aromatic N) is 3. The molecule has 0 atom stereocenters. The highest BCUT2D eigenvalue weighted by Gasteiger charge is 2.15. The van der Waals surface area contributed by atoms with Crippen LogP contribution in [-0.4, -0.2) is 26.5 Å². The van der Waals surface area contributed by atoms with Crippen molar-refractivity contribution in [2.24, 2.45) is 0 Å². The molecule has 0 amide bonds. The first-order valence-corrected chi connectivity index (χ1v) is 8.90. The number of fused-ring (bicyclic) bond motifs is 1. The normalized spacial score (nSPS) is 14.1. The van der Waals surface area contributed by atoms with Gasteiger partial charge in [-0.3, -0.25) is 0 Å². The molecule has 21 heavy (non-hydrogen) atoms. The van der Waals surface area contributed by atoms with E-state index in [1.165, 1.54) is 24.1 Å². The van der Waals surface area contributed by atoms with Gasteiger partial charge in [0.15, 0.2) is 5.16 Å². The molecule has 0 saturated heterocycles. The summed E-state index contributed by atoms with van der Waals surface area (Å²) in [6.07, 6.45) is 4.78. The van der Waals surface area contributed by atoms with Crippen LogP contribution < -0.4 is 0 Å². The van der Waals surface area contributed by atoms with Gasteiger partial charge in [0.1, 0.15) is 12.4 Å². The summed E-state index contributed by atoms with van der Waals surface area (Å²) >= 11 is 3.42. The summed E-state index contributed by atoms with van der Waals surface area (Å²) in [6, 6.07) is 4.10. The Bertz CT molecular complexity index is 666. The summed E-state index contributed by atoms with van der Waals surface area (Å²) in [5.41, 5.74) is 0. The van der Waals surface area contributed by atoms with Crippen molar-refractivity contribution in [2.75, 3.05) is 6.61 Å². The van der Waals surface area contributed by atoms with Crippen LogP contribution in [0.15, 0.2) is 17.3 Å². The Morgan fingerprint density at radius 2 is 2.24 bits per heavy atom. The number of aliphatic hydroxyl groups excluding tert-OH is 1. The summed E-state index contributed by atoms with van der Waals surface area (Å²) in [4.78, 5) is 2.27. The van der Waals surface area contributed by atoms with Gasteiger partial charge in [-0.05, 0) is 25.0 Å². The Hall–Kier alpha value is -1.29. The number of thioether (sulfide) groups is 1. The molecule has 0 saturated carbocycles. The van der Waals surface area contributed by atoms with Crippen molar-refractivity contribution in [3.8, 4) is 11.8 Å². The van der Waals surface area contributed by atoms with Crippen molar-refractivity contribution in [1.29, 1.82) is 0 Å². The molecular weight excluding hydrogens is 302 g/mol. The molecule has 110 valence electrons. The van der Waals surface area contributed by atoms with Crippen LogP contribution >= 0.6 is 23.1 Å². The van der Waals surface area contributed by atoms with Crippen molar-refractivity contribution >= 4 is 23.1 Å². The minimum Gasteiger partial charge on any atom is -0.384 e. The fraction of sp³-hybridized carbons (Fsp3) is 0.467. The molecular formula is C15H17N3OS2. The average Bonchev–Trinajstić information content (AvgIpc) is 3.03. The van der Waals surface area contributed by atoms with Gasteiger partial charge in [0, 0.05) is 23.6 Å². The third-order valence-electron chi connectivity index (χ3n) is 3.37. The molecule has 0 radical (unpaired) electrons. The van der Waals surface area contributed by atoms with Gasteiger partial charge < -0.3 is 9.67 Å². The van der Waals surface area contributed by atoms with Gasteiger partial charge in [-0.15, -0.1) is 21.5 Å². The van der Waals surface area contributed by atoms with E-state index in [1.54, 1.807) is 23.1 Å². The Morgan fingerprint density at radius 1 is 1.29 bits per heavy atom. The van der Waals surface area contributed by atoms with Crippen LogP contribution in [0.2, 0.25) is 0 Å². The van der Waals surface area contributed by atoms with Crippen LogP contribution in [0.4, 0.5) is 0 Å². The standard InChI is InChI=1S/C15H17N3OS2/c19-10-4-5-12-7-8-13(21-12)11-20-15-17-16-14-6-2-1-3-9-18(14)15/h7-8,19H,1-3,6,9-11H2. The average molecular weight is 319 g/mol. The first kappa shape index (κ1) is 14.6. The lowest BCUT2D eigenvalue weighted by Crippen LogP contribution is -2.02. The molecule has 6 heteroatoms. The van der Waals surface area contributed by atoms with Crippen LogP contribution in [0.25, 0.3) is 0 Å². The Balaban J connectivity index is 1.65. The lowest BCUT2D eigenvalue weighted by atomic mass is 10.2. The minimum atomic E-state index is -0.0894. The highest BCUT2D eigenvalue weighted by molar-refractivity contribution is 7.98. The maximum atomic E-state index is 8.71. The van der Waals surface area contributed by atoms with Gasteiger partial charge in [0.25, 0.3) is 0 Å². The van der Waals surface area contributed by atoms with Crippen molar-refractivity contribution in [2.45, 2.75) is 43.1 Å². The first-order valence-electron chi connectivity index (χ1n) is 7.10. The SMILES string of the molecule is OCC#Cc1ccc(CSc2nnc3n2CCCCC3)s1. The zero-order chi connectivity index (χ0) is 14.5. The van der Waals surface area contributed by atoms with E-state index in [0.29, 0.717) is 0 Å². The third-order valence-corrected chi connectivity index (χ3v) is 5.57. The molecule has 3 heterocycles. The Labute approximate surface area is 132 Å². The second-order valence-corrected chi connectivity index (χ2v) is 6.99. The van der Waals surface area contributed by atoms with E-state index in [9.17, 15) is 0 Å². The topological polar surface area (TPSA) is 50.9 Å². The van der Waals surface area contributed by atoms with E-state index < -0.39 is 0 Å². The van der Waals surface area contributed by atoms with E-state index >= 15 is 0 Å². The maximum absolute atomic E-state index is 8.71. The number of aliphatic hydroxyl groups is 1. The van der Waals surface area contributed by atoms with Crippen LogP contribution in [-0.2, 0) is 18.7 Å². The summed E-state index contributed by atoms with van der Waals surface area (Å²) in [6.45, 7) is 0.955. The van der Waals surface area contributed by atoms with Gasteiger partial charge in [0.05, 0.1) is 4.88 Å². The van der Waals surface area contributed by atoms with Crippen LogP contribution in [0, 0.1) is 11.8 Å². The van der Waals surface area contributed by atoms with Crippen molar-refractivity contribution in [3.05, 3.63) is 27.7 Å². The largest absolute Gasteiger partial charge is 0.384 e. The fourth-order valence-corrected chi connectivity index (χ4v) is 4.26. The quantitative estimate of drug-likeness (QED) is 0.698. The molecule has 2 aromatic rings. The molecule has 0 aliphatic carbocycles. The molecule has 1 aliphatic heterocycles. The lowest BCUT2D eigenvalue weighted by Gasteiger charge is -2.05. The Morgan fingerprint density at radius 3 is 3.14 bits per heavy atom. The molecule has 1 aliphatic rings. The molecule has 2 aromatic heterocycles. The minimum absolute atomic E-state index is 0.0894. The third kappa shape index (κ3) is 3.67. The number of hydrogen-bond acceptors (Lipinski definition) is 5. The zero-order valence-corrected chi connectivity index (χ0v) is 13.3. The molecule has 0 bridgehead atoms. The van der Waals surface area contributed by atoms with Crippen molar-refractivity contribution in [3.63, 3.8) is 0 Å². The molecule has 0 aromatic carbocycles. The Kier molecular flexibility index (Phi) is 4.96. The maximum Gasteiger partial charge on any atom is 0.191 e. The van der Waals surface area contributed by atoms with Crippen molar-refractivity contribution < 1.29 is 5.11 Å². The zero-order valence-electron chi connectivity index (χ0n) is 11.7. The fourth-order valence-electron chi connectivity index (χ4n) is 2.35.